The van der Waals surface area contributed by atoms with Gasteiger partial charge in [-0.2, -0.15) is 0 Å². The van der Waals surface area contributed by atoms with Crippen LogP contribution in [0.3, 0.4) is 0 Å². The minimum atomic E-state index is -0.517. The SMILES string of the molecule is CC[C@H](C)NC(=O)[C@@H](C)N(Cc1ccccc1)C(=O)CSCc1ccc(C)cc1. The van der Waals surface area contributed by atoms with Gasteiger partial charge in [0, 0.05) is 18.3 Å². The lowest BCUT2D eigenvalue weighted by atomic mass is 10.1. The third-order valence-electron chi connectivity index (χ3n) is 4.98. The summed E-state index contributed by atoms with van der Waals surface area (Å²) in [4.78, 5) is 27.4. The number of thioether (sulfide) groups is 1. The van der Waals surface area contributed by atoms with E-state index in [1.54, 1.807) is 16.7 Å². The zero-order chi connectivity index (χ0) is 21.2. The molecule has 0 aliphatic heterocycles. The van der Waals surface area contributed by atoms with Gasteiger partial charge in [-0.3, -0.25) is 9.59 Å². The third-order valence-corrected chi connectivity index (χ3v) is 5.97. The average molecular weight is 413 g/mol. The Hall–Kier alpha value is -2.27. The van der Waals surface area contributed by atoms with Crippen molar-refractivity contribution in [1.29, 1.82) is 0 Å². The van der Waals surface area contributed by atoms with E-state index in [1.807, 2.05) is 51.1 Å². The van der Waals surface area contributed by atoms with Crippen molar-refractivity contribution in [2.24, 2.45) is 0 Å². The van der Waals surface area contributed by atoms with Crippen LogP contribution in [0.25, 0.3) is 0 Å². The van der Waals surface area contributed by atoms with Gasteiger partial charge in [-0.25, -0.2) is 0 Å². The normalized spacial score (nSPS) is 12.8. The summed E-state index contributed by atoms with van der Waals surface area (Å²) in [7, 11) is 0. The van der Waals surface area contributed by atoms with Crippen LogP contribution in [0.15, 0.2) is 54.6 Å². The maximum atomic E-state index is 13.0. The molecule has 0 bridgehead atoms. The molecule has 4 nitrogen and oxygen atoms in total. The van der Waals surface area contributed by atoms with Gasteiger partial charge in [-0.15, -0.1) is 11.8 Å². The quantitative estimate of drug-likeness (QED) is 0.622. The van der Waals surface area contributed by atoms with Crippen molar-refractivity contribution in [3.05, 3.63) is 71.3 Å². The summed E-state index contributed by atoms with van der Waals surface area (Å²) < 4.78 is 0. The highest BCUT2D eigenvalue weighted by molar-refractivity contribution is 7.99. The Morgan fingerprint density at radius 3 is 2.28 bits per heavy atom. The largest absolute Gasteiger partial charge is 0.352 e. The number of amides is 2. The minimum Gasteiger partial charge on any atom is -0.352 e. The van der Waals surface area contributed by atoms with E-state index in [0.29, 0.717) is 12.3 Å². The van der Waals surface area contributed by atoms with Crippen LogP contribution in [0, 0.1) is 6.92 Å². The lowest BCUT2D eigenvalue weighted by molar-refractivity contribution is -0.138. The average Bonchev–Trinajstić information content (AvgIpc) is 2.73. The van der Waals surface area contributed by atoms with E-state index in [9.17, 15) is 9.59 Å². The van der Waals surface area contributed by atoms with Crippen LogP contribution in [0.4, 0.5) is 0 Å². The second-order valence-corrected chi connectivity index (χ2v) is 8.47. The van der Waals surface area contributed by atoms with Crippen molar-refractivity contribution in [1.82, 2.24) is 10.2 Å². The molecule has 156 valence electrons. The van der Waals surface area contributed by atoms with Gasteiger partial charge in [0.25, 0.3) is 0 Å². The van der Waals surface area contributed by atoms with Crippen molar-refractivity contribution in [3.63, 3.8) is 0 Å². The van der Waals surface area contributed by atoms with Gasteiger partial charge in [0.15, 0.2) is 0 Å². The number of hydrogen-bond acceptors (Lipinski definition) is 3. The fraction of sp³-hybridized carbons (Fsp3) is 0.417. The number of hydrogen-bond donors (Lipinski definition) is 1. The van der Waals surface area contributed by atoms with E-state index in [0.717, 1.165) is 17.7 Å². The van der Waals surface area contributed by atoms with Crippen molar-refractivity contribution in [2.75, 3.05) is 5.75 Å². The molecule has 0 aromatic heterocycles. The van der Waals surface area contributed by atoms with E-state index in [1.165, 1.54) is 11.1 Å². The number of nitrogens with one attached hydrogen (secondary N) is 1. The number of benzene rings is 2. The van der Waals surface area contributed by atoms with Gasteiger partial charge < -0.3 is 10.2 Å². The Kier molecular flexibility index (Phi) is 9.26. The Morgan fingerprint density at radius 2 is 1.66 bits per heavy atom. The standard InChI is InChI=1S/C24H32N2O2S/c1-5-19(3)25-24(28)20(4)26(15-21-9-7-6-8-10-21)23(27)17-29-16-22-13-11-18(2)12-14-22/h6-14,19-20H,5,15-17H2,1-4H3,(H,25,28)/t19-,20+/m0/s1. The zero-order valence-corrected chi connectivity index (χ0v) is 18.7. The van der Waals surface area contributed by atoms with Gasteiger partial charge in [-0.1, -0.05) is 67.1 Å². The van der Waals surface area contributed by atoms with Crippen LogP contribution in [0.2, 0.25) is 0 Å². The molecule has 5 heteroatoms. The first kappa shape index (κ1) is 23.0. The molecule has 0 radical (unpaired) electrons. The maximum Gasteiger partial charge on any atom is 0.242 e. The summed E-state index contributed by atoms with van der Waals surface area (Å²) in [5.41, 5.74) is 3.45. The molecular weight excluding hydrogens is 380 g/mol. The molecule has 2 aromatic carbocycles. The number of carbonyl (C=O) groups is 2. The van der Waals surface area contributed by atoms with Crippen LogP contribution < -0.4 is 5.32 Å². The highest BCUT2D eigenvalue weighted by Gasteiger charge is 2.26. The Balaban J connectivity index is 2.03. The molecule has 0 unspecified atom stereocenters. The highest BCUT2D eigenvalue weighted by Crippen LogP contribution is 2.16. The molecule has 1 N–H and O–H groups in total. The fourth-order valence-corrected chi connectivity index (χ4v) is 3.72. The van der Waals surface area contributed by atoms with Crippen LogP contribution in [0.1, 0.15) is 43.9 Å². The van der Waals surface area contributed by atoms with Crippen molar-refractivity contribution in [3.8, 4) is 0 Å². The smallest absolute Gasteiger partial charge is 0.242 e. The topological polar surface area (TPSA) is 49.4 Å². The van der Waals surface area contributed by atoms with E-state index < -0.39 is 6.04 Å². The van der Waals surface area contributed by atoms with Crippen LogP contribution in [0.5, 0.6) is 0 Å². The monoisotopic (exact) mass is 412 g/mol. The van der Waals surface area contributed by atoms with E-state index in [4.69, 9.17) is 0 Å². The molecule has 0 aliphatic rings. The number of carbonyl (C=O) groups excluding carboxylic acids is 2. The molecule has 0 spiro atoms. The second kappa shape index (κ2) is 11.7. The van der Waals surface area contributed by atoms with Crippen LogP contribution in [-0.4, -0.2) is 34.6 Å². The Labute approximate surface area is 179 Å². The first-order chi connectivity index (χ1) is 13.9. The first-order valence-electron chi connectivity index (χ1n) is 10.2. The molecule has 2 atom stereocenters. The maximum absolute atomic E-state index is 13.0. The summed E-state index contributed by atoms with van der Waals surface area (Å²) in [5.74, 6) is 1.00. The van der Waals surface area contributed by atoms with E-state index in [2.05, 4.69) is 36.5 Å². The summed E-state index contributed by atoms with van der Waals surface area (Å²) in [5, 5.41) is 3.00. The summed E-state index contributed by atoms with van der Waals surface area (Å²) in [6.45, 7) is 8.31. The molecule has 2 amide bonds. The zero-order valence-electron chi connectivity index (χ0n) is 17.9. The molecular formula is C24H32N2O2S. The van der Waals surface area contributed by atoms with Crippen LogP contribution >= 0.6 is 11.8 Å². The molecule has 0 saturated heterocycles. The molecule has 0 aliphatic carbocycles. The third kappa shape index (κ3) is 7.58. The minimum absolute atomic E-state index is 0.0160. The van der Waals surface area contributed by atoms with Crippen LogP contribution in [-0.2, 0) is 21.9 Å². The molecule has 0 heterocycles. The Bertz CT molecular complexity index is 777. The van der Waals surface area contributed by atoms with Crippen molar-refractivity contribution in [2.45, 2.75) is 58.5 Å². The number of aryl methyl sites for hydroxylation is 1. The van der Waals surface area contributed by atoms with Crippen molar-refractivity contribution >= 4 is 23.6 Å². The van der Waals surface area contributed by atoms with E-state index in [-0.39, 0.29) is 17.9 Å². The number of rotatable bonds is 10. The van der Waals surface area contributed by atoms with Crippen molar-refractivity contribution < 1.29 is 9.59 Å². The van der Waals surface area contributed by atoms with Gasteiger partial charge in [0.05, 0.1) is 5.75 Å². The molecule has 0 saturated carbocycles. The van der Waals surface area contributed by atoms with Gasteiger partial charge >= 0.3 is 0 Å². The summed E-state index contributed by atoms with van der Waals surface area (Å²) >= 11 is 1.58. The Morgan fingerprint density at radius 1 is 1.00 bits per heavy atom. The lowest BCUT2D eigenvalue weighted by Crippen LogP contribution is -2.50. The summed E-state index contributed by atoms with van der Waals surface area (Å²) in [6, 6.07) is 17.8. The highest BCUT2D eigenvalue weighted by atomic mass is 32.2. The molecule has 2 rings (SSSR count). The summed E-state index contributed by atoms with van der Waals surface area (Å²) in [6.07, 6.45) is 0.859. The second-order valence-electron chi connectivity index (χ2n) is 7.48. The van der Waals surface area contributed by atoms with Gasteiger partial charge in [-0.05, 0) is 38.3 Å². The van der Waals surface area contributed by atoms with Gasteiger partial charge in [0.1, 0.15) is 6.04 Å². The lowest BCUT2D eigenvalue weighted by Gasteiger charge is -2.29. The fourth-order valence-electron chi connectivity index (χ4n) is 2.85. The molecule has 0 fully saturated rings. The first-order valence-corrected chi connectivity index (χ1v) is 11.3. The van der Waals surface area contributed by atoms with E-state index >= 15 is 0 Å². The molecule has 2 aromatic rings. The van der Waals surface area contributed by atoms with Gasteiger partial charge in [0.2, 0.25) is 11.8 Å². The predicted molar refractivity (Wildman–Crippen MR) is 122 cm³/mol. The predicted octanol–water partition coefficient (Wildman–Crippen LogP) is 4.56. The molecule has 29 heavy (non-hydrogen) atoms. The number of nitrogens with zero attached hydrogens (tertiary/aromatic N) is 1.